The Labute approximate surface area is 78.8 Å². The van der Waals surface area contributed by atoms with E-state index < -0.39 is 22.7 Å². The van der Waals surface area contributed by atoms with Crippen LogP contribution in [0.3, 0.4) is 0 Å². The Morgan fingerprint density at radius 1 is 1.38 bits per heavy atom. The summed E-state index contributed by atoms with van der Waals surface area (Å²) in [5.74, 6) is 0.0780. The van der Waals surface area contributed by atoms with Crippen LogP contribution in [-0.4, -0.2) is 43.6 Å². The molecule has 1 atom stereocenters. The van der Waals surface area contributed by atoms with Gasteiger partial charge in [-0.3, -0.25) is 0 Å². The standard InChI is InChI=1S/C7H17NO4S/c1-6(2)5-13(11,12)8-3-7(10)4-9/h6-10H,3-5H2,1-2H3. The monoisotopic (exact) mass is 211 g/mol. The summed E-state index contributed by atoms with van der Waals surface area (Å²) in [6, 6.07) is 0. The lowest BCUT2D eigenvalue weighted by molar-refractivity contribution is 0.0988. The number of rotatable bonds is 6. The van der Waals surface area contributed by atoms with Crippen LogP contribution in [0, 0.1) is 5.92 Å². The second kappa shape index (κ2) is 5.54. The Bertz CT molecular complexity index is 225. The molecule has 0 rings (SSSR count). The van der Waals surface area contributed by atoms with Crippen molar-refractivity contribution in [3.05, 3.63) is 0 Å². The van der Waals surface area contributed by atoms with Crippen LogP contribution in [0.5, 0.6) is 0 Å². The molecule has 0 aliphatic carbocycles. The van der Waals surface area contributed by atoms with E-state index >= 15 is 0 Å². The van der Waals surface area contributed by atoms with E-state index in [4.69, 9.17) is 10.2 Å². The maximum atomic E-state index is 11.2. The van der Waals surface area contributed by atoms with Crippen molar-refractivity contribution in [1.82, 2.24) is 4.72 Å². The van der Waals surface area contributed by atoms with Crippen LogP contribution < -0.4 is 4.72 Å². The van der Waals surface area contributed by atoms with Gasteiger partial charge in [0.25, 0.3) is 0 Å². The van der Waals surface area contributed by atoms with E-state index in [2.05, 4.69) is 4.72 Å². The molecule has 0 amide bonds. The minimum Gasteiger partial charge on any atom is -0.394 e. The highest BCUT2D eigenvalue weighted by Crippen LogP contribution is 1.97. The smallest absolute Gasteiger partial charge is 0.211 e. The second-order valence-electron chi connectivity index (χ2n) is 3.36. The van der Waals surface area contributed by atoms with Crippen LogP contribution in [0.15, 0.2) is 0 Å². The molecule has 1 unspecified atom stereocenters. The minimum atomic E-state index is -3.31. The quantitative estimate of drug-likeness (QED) is 0.521. The van der Waals surface area contributed by atoms with Gasteiger partial charge in [0.05, 0.1) is 18.5 Å². The number of sulfonamides is 1. The van der Waals surface area contributed by atoms with Crippen molar-refractivity contribution >= 4 is 10.0 Å². The lowest BCUT2D eigenvalue weighted by atomic mass is 10.3. The van der Waals surface area contributed by atoms with Crippen molar-refractivity contribution in [2.24, 2.45) is 5.92 Å². The third kappa shape index (κ3) is 6.94. The fourth-order valence-corrected chi connectivity index (χ4v) is 2.23. The maximum absolute atomic E-state index is 11.2. The first-order valence-electron chi connectivity index (χ1n) is 4.13. The highest BCUT2D eigenvalue weighted by atomic mass is 32.2. The lowest BCUT2D eigenvalue weighted by Crippen LogP contribution is -2.36. The van der Waals surface area contributed by atoms with Crippen molar-refractivity contribution in [2.75, 3.05) is 18.9 Å². The zero-order chi connectivity index (χ0) is 10.5. The van der Waals surface area contributed by atoms with Gasteiger partial charge in [-0.25, -0.2) is 13.1 Å². The molecule has 6 heteroatoms. The predicted octanol–water partition coefficient (Wildman–Crippen LogP) is -1.08. The first kappa shape index (κ1) is 12.8. The average molecular weight is 211 g/mol. The summed E-state index contributed by atoms with van der Waals surface area (Å²) in [6.07, 6.45) is -1.03. The molecule has 0 saturated heterocycles. The molecular weight excluding hydrogens is 194 g/mol. The largest absolute Gasteiger partial charge is 0.394 e. The van der Waals surface area contributed by atoms with Crippen LogP contribution in [-0.2, 0) is 10.0 Å². The van der Waals surface area contributed by atoms with E-state index in [1.54, 1.807) is 13.8 Å². The van der Waals surface area contributed by atoms with Gasteiger partial charge in [0.15, 0.2) is 0 Å². The third-order valence-electron chi connectivity index (χ3n) is 1.30. The van der Waals surface area contributed by atoms with Crippen molar-refractivity contribution in [3.63, 3.8) is 0 Å². The fourth-order valence-electron chi connectivity index (χ4n) is 0.785. The maximum Gasteiger partial charge on any atom is 0.211 e. The van der Waals surface area contributed by atoms with Gasteiger partial charge in [-0.05, 0) is 5.92 Å². The van der Waals surface area contributed by atoms with Gasteiger partial charge in [0.2, 0.25) is 10.0 Å². The zero-order valence-electron chi connectivity index (χ0n) is 7.90. The molecule has 0 aromatic heterocycles. The molecule has 0 aromatic rings. The summed E-state index contributed by atoms with van der Waals surface area (Å²) in [5, 5.41) is 17.3. The van der Waals surface area contributed by atoms with Gasteiger partial charge < -0.3 is 10.2 Å². The van der Waals surface area contributed by atoms with Crippen LogP contribution in [0.1, 0.15) is 13.8 Å². The highest BCUT2D eigenvalue weighted by molar-refractivity contribution is 7.89. The lowest BCUT2D eigenvalue weighted by Gasteiger charge is -2.10. The third-order valence-corrected chi connectivity index (χ3v) is 3.01. The summed E-state index contributed by atoms with van der Waals surface area (Å²) in [5.41, 5.74) is 0. The summed E-state index contributed by atoms with van der Waals surface area (Å²) >= 11 is 0. The van der Waals surface area contributed by atoms with Crippen molar-refractivity contribution in [2.45, 2.75) is 20.0 Å². The Balaban J connectivity index is 3.90. The van der Waals surface area contributed by atoms with E-state index in [1.165, 1.54) is 0 Å². The van der Waals surface area contributed by atoms with E-state index in [-0.39, 0.29) is 18.2 Å². The van der Waals surface area contributed by atoms with E-state index in [0.717, 1.165) is 0 Å². The predicted molar refractivity (Wildman–Crippen MR) is 49.7 cm³/mol. The molecule has 0 heterocycles. The van der Waals surface area contributed by atoms with Gasteiger partial charge in [-0.1, -0.05) is 13.8 Å². The number of aliphatic hydroxyl groups is 2. The molecule has 0 aromatic carbocycles. The topological polar surface area (TPSA) is 86.6 Å². The van der Waals surface area contributed by atoms with Gasteiger partial charge in [-0.2, -0.15) is 0 Å². The first-order valence-corrected chi connectivity index (χ1v) is 5.79. The molecule has 0 radical (unpaired) electrons. The number of hydrogen-bond donors (Lipinski definition) is 3. The van der Waals surface area contributed by atoms with Gasteiger partial charge >= 0.3 is 0 Å². The molecular formula is C7H17NO4S. The Morgan fingerprint density at radius 2 is 1.92 bits per heavy atom. The zero-order valence-corrected chi connectivity index (χ0v) is 8.71. The molecule has 0 aliphatic rings. The number of aliphatic hydroxyl groups excluding tert-OH is 2. The van der Waals surface area contributed by atoms with Crippen LogP contribution >= 0.6 is 0 Å². The van der Waals surface area contributed by atoms with E-state index in [0.29, 0.717) is 0 Å². The summed E-state index contributed by atoms with van der Waals surface area (Å²) in [4.78, 5) is 0. The van der Waals surface area contributed by atoms with Gasteiger partial charge in [0.1, 0.15) is 0 Å². The van der Waals surface area contributed by atoms with E-state index in [9.17, 15) is 8.42 Å². The van der Waals surface area contributed by atoms with Gasteiger partial charge in [-0.15, -0.1) is 0 Å². The molecule has 0 spiro atoms. The molecule has 3 N–H and O–H groups in total. The molecule has 0 aliphatic heterocycles. The Morgan fingerprint density at radius 3 is 2.31 bits per heavy atom. The van der Waals surface area contributed by atoms with Crippen LogP contribution in [0.4, 0.5) is 0 Å². The number of nitrogens with one attached hydrogen (secondary N) is 1. The van der Waals surface area contributed by atoms with Crippen LogP contribution in [0.25, 0.3) is 0 Å². The molecule has 13 heavy (non-hydrogen) atoms. The summed E-state index contributed by atoms with van der Waals surface area (Å²) in [7, 11) is -3.31. The highest BCUT2D eigenvalue weighted by Gasteiger charge is 2.13. The molecule has 0 fully saturated rings. The van der Waals surface area contributed by atoms with Gasteiger partial charge in [0, 0.05) is 6.54 Å². The molecule has 0 saturated carbocycles. The Kier molecular flexibility index (Phi) is 5.46. The minimum absolute atomic E-state index is 0.0329. The van der Waals surface area contributed by atoms with Crippen molar-refractivity contribution in [1.29, 1.82) is 0 Å². The van der Waals surface area contributed by atoms with Crippen LogP contribution in [0.2, 0.25) is 0 Å². The molecule has 80 valence electrons. The first-order chi connectivity index (χ1) is 5.87. The SMILES string of the molecule is CC(C)CS(=O)(=O)NCC(O)CO. The normalized spacial score (nSPS) is 14.8. The summed E-state index contributed by atoms with van der Waals surface area (Å²) in [6.45, 7) is 3.01. The van der Waals surface area contributed by atoms with Crippen molar-refractivity contribution in [3.8, 4) is 0 Å². The Hall–Kier alpha value is -0.170. The second-order valence-corrected chi connectivity index (χ2v) is 5.21. The molecule has 5 nitrogen and oxygen atoms in total. The van der Waals surface area contributed by atoms with Crippen molar-refractivity contribution < 1.29 is 18.6 Å². The number of hydrogen-bond acceptors (Lipinski definition) is 4. The summed E-state index contributed by atoms with van der Waals surface area (Å²) < 4.78 is 24.5. The average Bonchev–Trinajstić information content (AvgIpc) is 1.98. The fraction of sp³-hybridized carbons (Fsp3) is 1.00. The van der Waals surface area contributed by atoms with E-state index in [1.807, 2.05) is 0 Å². The molecule has 0 bridgehead atoms.